The van der Waals surface area contributed by atoms with Crippen molar-refractivity contribution in [2.24, 2.45) is 0 Å². The normalized spacial score (nSPS) is 11.2. The van der Waals surface area contributed by atoms with Gasteiger partial charge in [0, 0.05) is 5.56 Å². The van der Waals surface area contributed by atoms with Gasteiger partial charge in [0.15, 0.2) is 0 Å². The van der Waals surface area contributed by atoms with Crippen molar-refractivity contribution in [2.45, 2.75) is 116 Å². The van der Waals surface area contributed by atoms with Gasteiger partial charge in [-0.2, -0.15) is 0 Å². The fraction of sp³-hybridized carbons (Fsp3) is 0.724. The van der Waals surface area contributed by atoms with Crippen LogP contribution in [0, 0.1) is 0 Å². The molecule has 0 N–H and O–H groups in total. The van der Waals surface area contributed by atoms with Gasteiger partial charge in [-0.05, 0) is 12.8 Å². The van der Waals surface area contributed by atoms with Gasteiger partial charge in [-0.25, -0.2) is 0 Å². The number of unbranched alkanes of at least 4 members (excludes halogenated alkanes) is 15. The fourth-order valence-electron chi connectivity index (χ4n) is 4.24. The molecular formula is C29H54N+. The summed E-state index contributed by atoms with van der Waals surface area (Å²) in [5.74, 6) is 0. The van der Waals surface area contributed by atoms with E-state index in [9.17, 15) is 0 Å². The van der Waals surface area contributed by atoms with Gasteiger partial charge < -0.3 is 4.48 Å². The minimum absolute atomic E-state index is 1.11. The van der Waals surface area contributed by atoms with Gasteiger partial charge in [-0.3, -0.25) is 0 Å². The van der Waals surface area contributed by atoms with Crippen LogP contribution in [0.3, 0.4) is 0 Å². The summed E-state index contributed by atoms with van der Waals surface area (Å²) in [6.07, 6.45) is 23.2. The molecule has 1 aromatic carbocycles. The minimum Gasteiger partial charge on any atom is -0.325 e. The quantitative estimate of drug-likeness (QED) is 0.120. The Kier molecular flexibility index (Phi) is 20.4. The third kappa shape index (κ3) is 18.9. The average molecular weight is 417 g/mol. The standard InChI is InChI=1S/C27H50N.C2H4/c1-4-5-6-7-8-9-10-11-12-13-14-15-16-17-18-22-25-28(2,3)26-27-23-20-19-21-24-27;1-2/h19-21,23-24H,4-18,22,25-26H2,1-3H3;1-2H2/q+1;. The molecule has 0 spiro atoms. The van der Waals surface area contributed by atoms with Crippen molar-refractivity contribution in [3.63, 3.8) is 0 Å². The second kappa shape index (κ2) is 21.2. The average Bonchev–Trinajstić information content (AvgIpc) is 2.75. The third-order valence-electron chi connectivity index (χ3n) is 6.07. The Morgan fingerprint density at radius 1 is 0.567 bits per heavy atom. The maximum Gasteiger partial charge on any atom is 0.104 e. The van der Waals surface area contributed by atoms with E-state index in [0.717, 1.165) is 11.0 Å². The van der Waals surface area contributed by atoms with Gasteiger partial charge in [-0.15, -0.1) is 13.2 Å². The van der Waals surface area contributed by atoms with Gasteiger partial charge in [0.2, 0.25) is 0 Å². The van der Waals surface area contributed by atoms with Crippen LogP contribution < -0.4 is 0 Å². The highest BCUT2D eigenvalue weighted by Crippen LogP contribution is 2.15. The first kappa shape index (κ1) is 28.9. The van der Waals surface area contributed by atoms with E-state index < -0.39 is 0 Å². The largest absolute Gasteiger partial charge is 0.325 e. The summed E-state index contributed by atoms with van der Waals surface area (Å²) in [4.78, 5) is 0. The Labute approximate surface area is 190 Å². The molecular weight excluding hydrogens is 362 g/mol. The lowest BCUT2D eigenvalue weighted by molar-refractivity contribution is -0.903. The SMILES string of the molecule is C=C.CCCCCCCCCCCCCCCCCC[N+](C)(C)Cc1ccccc1. The molecule has 0 saturated heterocycles. The zero-order valence-electron chi connectivity index (χ0n) is 21.0. The Bertz CT molecular complexity index is 451. The first-order valence-corrected chi connectivity index (χ1v) is 13.0. The molecule has 0 fully saturated rings. The molecule has 1 aromatic rings. The van der Waals surface area contributed by atoms with Crippen molar-refractivity contribution in [3.05, 3.63) is 49.1 Å². The Morgan fingerprint density at radius 3 is 1.33 bits per heavy atom. The molecule has 0 aromatic heterocycles. The molecule has 0 amide bonds. The van der Waals surface area contributed by atoms with E-state index in [1.807, 2.05) is 0 Å². The van der Waals surface area contributed by atoms with Crippen LogP contribution in [0.25, 0.3) is 0 Å². The van der Waals surface area contributed by atoms with Crippen molar-refractivity contribution in [1.29, 1.82) is 0 Å². The number of hydrogen-bond acceptors (Lipinski definition) is 0. The van der Waals surface area contributed by atoms with Crippen molar-refractivity contribution in [2.75, 3.05) is 20.6 Å². The lowest BCUT2D eigenvalue weighted by atomic mass is 10.0. The highest BCUT2D eigenvalue weighted by atomic mass is 15.3. The smallest absolute Gasteiger partial charge is 0.104 e. The summed E-state index contributed by atoms with van der Waals surface area (Å²) >= 11 is 0. The predicted octanol–water partition coefficient (Wildman–Crippen LogP) is 9.33. The highest BCUT2D eigenvalue weighted by molar-refractivity contribution is 5.13. The third-order valence-corrected chi connectivity index (χ3v) is 6.07. The Hall–Kier alpha value is -1.08. The number of quaternary nitrogens is 1. The molecule has 0 radical (unpaired) electrons. The molecule has 0 aliphatic carbocycles. The summed E-state index contributed by atoms with van der Waals surface area (Å²) in [7, 11) is 4.75. The van der Waals surface area contributed by atoms with Crippen LogP contribution in [0.2, 0.25) is 0 Å². The van der Waals surface area contributed by atoms with Crippen molar-refractivity contribution >= 4 is 0 Å². The molecule has 0 saturated carbocycles. The lowest BCUT2D eigenvalue weighted by Gasteiger charge is -2.30. The summed E-state index contributed by atoms with van der Waals surface area (Å²) in [6.45, 7) is 10.8. The summed E-state index contributed by atoms with van der Waals surface area (Å²) in [6, 6.07) is 10.9. The van der Waals surface area contributed by atoms with Crippen molar-refractivity contribution < 1.29 is 4.48 Å². The minimum atomic E-state index is 1.11. The molecule has 0 unspecified atom stereocenters. The predicted molar refractivity (Wildman–Crippen MR) is 138 cm³/mol. The van der Waals surface area contributed by atoms with Crippen LogP contribution in [-0.2, 0) is 6.54 Å². The number of rotatable bonds is 19. The van der Waals surface area contributed by atoms with Gasteiger partial charge in [0.1, 0.15) is 6.54 Å². The summed E-state index contributed by atoms with van der Waals surface area (Å²) in [5.41, 5.74) is 1.46. The van der Waals surface area contributed by atoms with Crippen LogP contribution >= 0.6 is 0 Å². The number of benzene rings is 1. The molecule has 30 heavy (non-hydrogen) atoms. The van der Waals surface area contributed by atoms with Crippen LogP contribution in [0.15, 0.2) is 43.5 Å². The topological polar surface area (TPSA) is 0 Å². The second-order valence-corrected chi connectivity index (χ2v) is 9.61. The molecule has 0 atom stereocenters. The van der Waals surface area contributed by atoms with E-state index in [4.69, 9.17) is 0 Å². The monoisotopic (exact) mass is 416 g/mol. The van der Waals surface area contributed by atoms with E-state index in [2.05, 4.69) is 64.5 Å². The highest BCUT2D eigenvalue weighted by Gasteiger charge is 2.14. The van der Waals surface area contributed by atoms with E-state index in [-0.39, 0.29) is 0 Å². The summed E-state index contributed by atoms with van der Waals surface area (Å²) in [5, 5.41) is 0. The Balaban J connectivity index is 0.00000407. The zero-order chi connectivity index (χ0) is 22.3. The van der Waals surface area contributed by atoms with Crippen LogP contribution in [0.1, 0.15) is 115 Å². The Morgan fingerprint density at radius 2 is 0.933 bits per heavy atom. The second-order valence-electron chi connectivity index (χ2n) is 9.61. The van der Waals surface area contributed by atoms with Gasteiger partial charge >= 0.3 is 0 Å². The molecule has 1 nitrogen and oxygen atoms in total. The fourth-order valence-corrected chi connectivity index (χ4v) is 4.24. The van der Waals surface area contributed by atoms with Crippen LogP contribution in [-0.4, -0.2) is 25.1 Å². The molecule has 0 aliphatic rings. The maximum absolute atomic E-state index is 3.00. The van der Waals surface area contributed by atoms with E-state index in [1.54, 1.807) is 0 Å². The molecule has 1 heteroatoms. The van der Waals surface area contributed by atoms with E-state index in [1.165, 1.54) is 115 Å². The summed E-state index contributed by atoms with van der Waals surface area (Å²) < 4.78 is 1.11. The number of nitrogens with zero attached hydrogens (tertiary/aromatic N) is 1. The van der Waals surface area contributed by atoms with Crippen molar-refractivity contribution in [3.8, 4) is 0 Å². The first-order valence-electron chi connectivity index (χ1n) is 13.0. The molecule has 1 rings (SSSR count). The number of hydrogen-bond donors (Lipinski definition) is 0. The van der Waals surface area contributed by atoms with Gasteiger partial charge in [0.05, 0.1) is 20.6 Å². The van der Waals surface area contributed by atoms with Gasteiger partial charge in [-0.1, -0.05) is 127 Å². The van der Waals surface area contributed by atoms with Gasteiger partial charge in [0.25, 0.3) is 0 Å². The van der Waals surface area contributed by atoms with Crippen LogP contribution in [0.5, 0.6) is 0 Å². The molecule has 174 valence electrons. The van der Waals surface area contributed by atoms with Crippen LogP contribution in [0.4, 0.5) is 0 Å². The first-order chi connectivity index (χ1) is 14.6. The molecule has 0 bridgehead atoms. The molecule has 0 aliphatic heterocycles. The zero-order valence-corrected chi connectivity index (χ0v) is 21.0. The van der Waals surface area contributed by atoms with E-state index in [0.29, 0.717) is 0 Å². The van der Waals surface area contributed by atoms with E-state index >= 15 is 0 Å². The maximum atomic E-state index is 3.00. The molecule has 0 heterocycles. The van der Waals surface area contributed by atoms with Crippen molar-refractivity contribution in [1.82, 2.24) is 0 Å². The lowest BCUT2D eigenvalue weighted by Crippen LogP contribution is -2.39.